The molecule has 1 aliphatic heterocycles. The van der Waals surface area contributed by atoms with Gasteiger partial charge >= 0.3 is 0 Å². The number of aryl methyl sites for hydroxylation is 1. The molecule has 1 aliphatic rings. The average molecular weight is 303 g/mol. The number of hydrogen-bond acceptors (Lipinski definition) is 5. The number of hydrogen-bond donors (Lipinski definition) is 1. The van der Waals surface area contributed by atoms with Gasteiger partial charge in [0.25, 0.3) is 0 Å². The Balaban J connectivity index is 1.89. The van der Waals surface area contributed by atoms with Crippen LogP contribution in [0.4, 0.5) is 5.13 Å². The molecule has 0 spiro atoms. The zero-order valence-corrected chi connectivity index (χ0v) is 12.6. The van der Waals surface area contributed by atoms with Gasteiger partial charge in [-0.15, -0.1) is 11.3 Å². The fraction of sp³-hybridized carbons (Fsp3) is 0.636. The first-order chi connectivity index (χ1) is 8.86. The SMILES string of the molecule is Cc1csc(NC(=O)C2CCN(S(C)(=O)=O)CC2)n1. The molecular formula is C11H17N3O3S2. The van der Waals surface area contributed by atoms with E-state index in [0.29, 0.717) is 31.1 Å². The summed E-state index contributed by atoms with van der Waals surface area (Å²) in [7, 11) is -3.14. The summed E-state index contributed by atoms with van der Waals surface area (Å²) >= 11 is 1.40. The minimum absolute atomic E-state index is 0.0671. The lowest BCUT2D eigenvalue weighted by Crippen LogP contribution is -2.40. The third kappa shape index (κ3) is 3.74. The second-order valence-electron chi connectivity index (χ2n) is 4.72. The van der Waals surface area contributed by atoms with E-state index in [1.54, 1.807) is 0 Å². The van der Waals surface area contributed by atoms with Gasteiger partial charge in [0.1, 0.15) is 0 Å². The van der Waals surface area contributed by atoms with Gasteiger partial charge in [-0.2, -0.15) is 0 Å². The molecule has 2 heterocycles. The van der Waals surface area contributed by atoms with Gasteiger partial charge in [0.15, 0.2) is 5.13 Å². The molecule has 19 heavy (non-hydrogen) atoms. The Labute approximate surface area is 116 Å². The van der Waals surface area contributed by atoms with Crippen molar-refractivity contribution in [3.05, 3.63) is 11.1 Å². The molecule has 0 aliphatic carbocycles. The molecule has 6 nitrogen and oxygen atoms in total. The molecule has 1 N–H and O–H groups in total. The first-order valence-corrected chi connectivity index (χ1v) is 8.77. The summed E-state index contributed by atoms with van der Waals surface area (Å²) in [5.74, 6) is -0.204. The van der Waals surface area contributed by atoms with Gasteiger partial charge in [0.2, 0.25) is 15.9 Å². The summed E-state index contributed by atoms with van der Waals surface area (Å²) in [5, 5.41) is 5.27. The van der Waals surface area contributed by atoms with Crippen LogP contribution in [0.2, 0.25) is 0 Å². The van der Waals surface area contributed by atoms with Crippen LogP contribution in [0.1, 0.15) is 18.5 Å². The number of piperidine rings is 1. The van der Waals surface area contributed by atoms with E-state index in [4.69, 9.17) is 0 Å². The minimum Gasteiger partial charge on any atom is -0.302 e. The van der Waals surface area contributed by atoms with Crippen molar-refractivity contribution >= 4 is 32.4 Å². The molecule has 1 aromatic heterocycles. The second-order valence-corrected chi connectivity index (χ2v) is 7.56. The standard InChI is InChI=1S/C11H17N3O3S2/c1-8-7-18-11(12-8)13-10(15)9-3-5-14(6-4-9)19(2,16)17/h7,9H,3-6H2,1-2H3,(H,12,13,15). The van der Waals surface area contributed by atoms with E-state index in [1.165, 1.54) is 21.9 Å². The largest absolute Gasteiger partial charge is 0.302 e. The lowest BCUT2D eigenvalue weighted by molar-refractivity contribution is -0.120. The number of aromatic nitrogens is 1. The second kappa shape index (κ2) is 5.56. The Morgan fingerprint density at radius 3 is 2.58 bits per heavy atom. The predicted molar refractivity (Wildman–Crippen MR) is 74.6 cm³/mol. The van der Waals surface area contributed by atoms with Gasteiger partial charge in [0, 0.05) is 24.4 Å². The zero-order chi connectivity index (χ0) is 14.0. The molecule has 1 aromatic rings. The van der Waals surface area contributed by atoms with Crippen LogP contribution < -0.4 is 5.32 Å². The van der Waals surface area contributed by atoms with Gasteiger partial charge in [-0.05, 0) is 19.8 Å². The van der Waals surface area contributed by atoms with Crippen LogP contribution in [-0.4, -0.2) is 43.0 Å². The Morgan fingerprint density at radius 2 is 2.11 bits per heavy atom. The van der Waals surface area contributed by atoms with Gasteiger partial charge in [0.05, 0.1) is 11.9 Å². The number of carbonyl (C=O) groups is 1. The van der Waals surface area contributed by atoms with Gasteiger partial charge in [-0.25, -0.2) is 17.7 Å². The molecule has 2 rings (SSSR count). The quantitative estimate of drug-likeness (QED) is 0.905. The van der Waals surface area contributed by atoms with Gasteiger partial charge < -0.3 is 5.32 Å². The first-order valence-electron chi connectivity index (χ1n) is 6.04. The van der Waals surface area contributed by atoms with E-state index in [1.807, 2.05) is 12.3 Å². The van der Waals surface area contributed by atoms with Crippen molar-refractivity contribution in [1.82, 2.24) is 9.29 Å². The summed E-state index contributed by atoms with van der Waals surface area (Å²) in [5.41, 5.74) is 0.882. The molecule has 0 aromatic carbocycles. The highest BCUT2D eigenvalue weighted by Gasteiger charge is 2.29. The normalized spacial score (nSPS) is 18.4. The number of nitrogens with one attached hydrogen (secondary N) is 1. The number of nitrogens with zero attached hydrogens (tertiary/aromatic N) is 2. The first kappa shape index (κ1) is 14.4. The zero-order valence-electron chi connectivity index (χ0n) is 10.9. The van der Waals surface area contributed by atoms with E-state index < -0.39 is 10.0 Å². The molecular weight excluding hydrogens is 286 g/mol. The highest BCUT2D eigenvalue weighted by molar-refractivity contribution is 7.88. The van der Waals surface area contributed by atoms with E-state index in [-0.39, 0.29) is 11.8 Å². The number of anilines is 1. The Hall–Kier alpha value is -0.990. The van der Waals surface area contributed by atoms with Crippen molar-refractivity contribution < 1.29 is 13.2 Å². The van der Waals surface area contributed by atoms with Crippen LogP contribution in [0.5, 0.6) is 0 Å². The van der Waals surface area contributed by atoms with Gasteiger partial charge in [-0.1, -0.05) is 0 Å². The third-order valence-electron chi connectivity index (χ3n) is 3.14. The van der Waals surface area contributed by atoms with E-state index >= 15 is 0 Å². The van der Waals surface area contributed by atoms with E-state index in [2.05, 4.69) is 10.3 Å². The predicted octanol–water partition coefficient (Wildman–Crippen LogP) is 1.06. The Bertz CT molecular complexity index is 559. The molecule has 0 radical (unpaired) electrons. The maximum absolute atomic E-state index is 12.0. The van der Waals surface area contributed by atoms with Crippen molar-refractivity contribution in [2.24, 2.45) is 5.92 Å². The average Bonchev–Trinajstić information content (AvgIpc) is 2.74. The summed E-state index contributed by atoms with van der Waals surface area (Å²) < 4.78 is 24.2. The molecule has 0 atom stereocenters. The van der Waals surface area contributed by atoms with E-state index in [9.17, 15) is 13.2 Å². The maximum Gasteiger partial charge on any atom is 0.229 e. The van der Waals surface area contributed by atoms with Crippen molar-refractivity contribution in [3.63, 3.8) is 0 Å². The van der Waals surface area contributed by atoms with Crippen LogP contribution in [0, 0.1) is 12.8 Å². The number of carbonyl (C=O) groups excluding carboxylic acids is 1. The lowest BCUT2D eigenvalue weighted by Gasteiger charge is -2.29. The van der Waals surface area contributed by atoms with Crippen molar-refractivity contribution in [2.75, 3.05) is 24.7 Å². The molecule has 1 amide bonds. The van der Waals surface area contributed by atoms with Crippen LogP contribution in [0.15, 0.2) is 5.38 Å². The molecule has 1 saturated heterocycles. The number of rotatable bonds is 3. The van der Waals surface area contributed by atoms with Crippen molar-refractivity contribution in [1.29, 1.82) is 0 Å². The summed E-state index contributed by atoms with van der Waals surface area (Å²) in [6, 6.07) is 0. The number of sulfonamides is 1. The molecule has 0 saturated carbocycles. The van der Waals surface area contributed by atoms with Crippen molar-refractivity contribution in [2.45, 2.75) is 19.8 Å². The topological polar surface area (TPSA) is 79.4 Å². The minimum atomic E-state index is -3.14. The van der Waals surface area contributed by atoms with Crippen LogP contribution in [0.3, 0.4) is 0 Å². The highest BCUT2D eigenvalue weighted by Crippen LogP contribution is 2.22. The Kier molecular flexibility index (Phi) is 4.22. The summed E-state index contributed by atoms with van der Waals surface area (Å²) in [6.45, 7) is 2.69. The van der Waals surface area contributed by atoms with E-state index in [0.717, 1.165) is 5.69 Å². The molecule has 8 heteroatoms. The number of amides is 1. The molecule has 106 valence electrons. The molecule has 0 unspecified atom stereocenters. The molecule has 0 bridgehead atoms. The fourth-order valence-corrected chi connectivity index (χ4v) is 3.63. The summed E-state index contributed by atoms with van der Waals surface area (Å²) in [6.07, 6.45) is 2.32. The van der Waals surface area contributed by atoms with Crippen molar-refractivity contribution in [3.8, 4) is 0 Å². The summed E-state index contributed by atoms with van der Waals surface area (Å²) in [4.78, 5) is 16.2. The smallest absolute Gasteiger partial charge is 0.229 e. The monoisotopic (exact) mass is 303 g/mol. The highest BCUT2D eigenvalue weighted by atomic mass is 32.2. The van der Waals surface area contributed by atoms with Crippen LogP contribution >= 0.6 is 11.3 Å². The molecule has 1 fully saturated rings. The third-order valence-corrected chi connectivity index (χ3v) is 5.32. The lowest BCUT2D eigenvalue weighted by atomic mass is 9.97. The Morgan fingerprint density at radius 1 is 1.47 bits per heavy atom. The van der Waals surface area contributed by atoms with Crippen LogP contribution in [0.25, 0.3) is 0 Å². The van der Waals surface area contributed by atoms with Gasteiger partial charge in [-0.3, -0.25) is 4.79 Å². The number of thiazole rings is 1. The maximum atomic E-state index is 12.0. The van der Waals surface area contributed by atoms with Crippen LogP contribution in [-0.2, 0) is 14.8 Å². The fourth-order valence-electron chi connectivity index (χ4n) is 2.07.